The molecule has 0 aliphatic heterocycles. The molecule has 0 atom stereocenters. The number of hydrogen-bond acceptors (Lipinski definition) is 2. The Bertz CT molecular complexity index is 206. The van der Waals surface area contributed by atoms with Gasteiger partial charge in [-0.3, -0.25) is 4.98 Å². The van der Waals surface area contributed by atoms with Crippen LogP contribution in [-0.2, 0) is 0 Å². The molecule has 52 valence electrons. The number of rotatable bonds is 2. The van der Waals surface area contributed by atoms with E-state index >= 15 is 0 Å². The Balaban J connectivity index is 2.67. The summed E-state index contributed by atoms with van der Waals surface area (Å²) in [6, 6.07) is 3.92. The molecule has 0 amide bonds. The van der Waals surface area contributed by atoms with Gasteiger partial charge in [-0.1, -0.05) is 18.2 Å². The Morgan fingerprint density at radius 2 is 2.50 bits per heavy atom. The first-order valence-corrected chi connectivity index (χ1v) is 3.74. The van der Waals surface area contributed by atoms with Crippen LogP contribution in [0.5, 0.6) is 0 Å². The topological polar surface area (TPSA) is 12.9 Å². The number of nitrogens with zero attached hydrogens (tertiary/aromatic N) is 1. The molecule has 1 rings (SSSR count). The second-order valence-corrected chi connectivity index (χ2v) is 2.24. The Hall–Kier alpha value is -0.760. The maximum absolute atomic E-state index is 4.04. The highest BCUT2D eigenvalue weighted by Gasteiger charge is 1.80. The van der Waals surface area contributed by atoms with Crippen LogP contribution in [-0.4, -0.2) is 10.7 Å². The molecule has 0 fully saturated rings. The van der Waals surface area contributed by atoms with Gasteiger partial charge in [0.1, 0.15) is 0 Å². The minimum Gasteiger partial charge on any atom is -0.264 e. The molecule has 2 heteroatoms. The third-order valence-electron chi connectivity index (χ3n) is 1.10. The van der Waals surface area contributed by atoms with E-state index in [1.54, 1.807) is 6.20 Å². The molecule has 0 bridgehead atoms. The number of hydrogen-bond donors (Lipinski definition) is 1. The maximum Gasteiger partial charge on any atom is 0.0340 e. The van der Waals surface area contributed by atoms with E-state index in [0.717, 1.165) is 11.3 Å². The SMILES string of the molecule is SC/C=C/c1cccnc1. The van der Waals surface area contributed by atoms with Gasteiger partial charge in [-0.25, -0.2) is 0 Å². The summed E-state index contributed by atoms with van der Waals surface area (Å²) in [5.74, 6) is 0.773. The molecule has 0 aliphatic rings. The van der Waals surface area contributed by atoms with Crippen molar-refractivity contribution in [2.75, 3.05) is 5.75 Å². The fraction of sp³-hybridized carbons (Fsp3) is 0.125. The largest absolute Gasteiger partial charge is 0.264 e. The Kier molecular flexibility index (Phi) is 3.03. The van der Waals surface area contributed by atoms with Crippen molar-refractivity contribution >= 4 is 18.7 Å². The minimum absolute atomic E-state index is 0.773. The molecule has 0 aliphatic carbocycles. The fourth-order valence-electron chi connectivity index (χ4n) is 0.663. The predicted molar refractivity (Wildman–Crippen MR) is 47.1 cm³/mol. The Morgan fingerprint density at radius 3 is 3.10 bits per heavy atom. The van der Waals surface area contributed by atoms with Crippen molar-refractivity contribution in [2.24, 2.45) is 0 Å². The van der Waals surface area contributed by atoms with Crippen LogP contribution in [0.2, 0.25) is 0 Å². The third-order valence-corrected chi connectivity index (χ3v) is 1.31. The average Bonchev–Trinajstić information content (AvgIpc) is 2.03. The molecule has 0 saturated heterocycles. The van der Waals surface area contributed by atoms with Crippen LogP contribution in [0.25, 0.3) is 6.08 Å². The summed E-state index contributed by atoms with van der Waals surface area (Å²) in [4.78, 5) is 3.96. The van der Waals surface area contributed by atoms with Gasteiger partial charge < -0.3 is 0 Å². The molecule has 0 spiro atoms. The number of aromatic nitrogens is 1. The van der Waals surface area contributed by atoms with Crippen LogP contribution in [0, 0.1) is 0 Å². The Morgan fingerprint density at radius 1 is 1.60 bits per heavy atom. The fourth-order valence-corrected chi connectivity index (χ4v) is 0.769. The van der Waals surface area contributed by atoms with E-state index in [2.05, 4.69) is 17.6 Å². The van der Waals surface area contributed by atoms with Crippen LogP contribution in [0.1, 0.15) is 5.56 Å². The monoisotopic (exact) mass is 151 g/mol. The second-order valence-electron chi connectivity index (χ2n) is 1.87. The third kappa shape index (κ3) is 2.23. The van der Waals surface area contributed by atoms with Gasteiger partial charge in [-0.05, 0) is 11.6 Å². The smallest absolute Gasteiger partial charge is 0.0340 e. The van der Waals surface area contributed by atoms with E-state index in [4.69, 9.17) is 0 Å². The van der Waals surface area contributed by atoms with Crippen LogP contribution >= 0.6 is 12.6 Å². The molecule has 1 heterocycles. The van der Waals surface area contributed by atoms with E-state index in [1.807, 2.05) is 30.5 Å². The quantitative estimate of drug-likeness (QED) is 0.638. The van der Waals surface area contributed by atoms with E-state index in [9.17, 15) is 0 Å². The molecule has 0 aromatic carbocycles. The summed E-state index contributed by atoms with van der Waals surface area (Å²) in [5.41, 5.74) is 1.12. The molecule has 1 nitrogen and oxygen atoms in total. The molecule has 1 aromatic heterocycles. The zero-order chi connectivity index (χ0) is 7.23. The van der Waals surface area contributed by atoms with Gasteiger partial charge in [0.2, 0.25) is 0 Å². The van der Waals surface area contributed by atoms with Gasteiger partial charge in [0.15, 0.2) is 0 Å². The summed E-state index contributed by atoms with van der Waals surface area (Å²) < 4.78 is 0. The lowest BCUT2D eigenvalue weighted by molar-refractivity contribution is 1.32. The lowest BCUT2D eigenvalue weighted by Crippen LogP contribution is -1.72. The van der Waals surface area contributed by atoms with Crippen LogP contribution in [0.4, 0.5) is 0 Å². The highest BCUT2D eigenvalue weighted by molar-refractivity contribution is 7.80. The summed E-state index contributed by atoms with van der Waals surface area (Å²) in [5, 5.41) is 0. The number of pyridine rings is 1. The zero-order valence-electron chi connectivity index (χ0n) is 5.57. The first-order valence-electron chi connectivity index (χ1n) is 3.11. The molecular formula is C8H9NS. The summed E-state index contributed by atoms with van der Waals surface area (Å²) in [7, 11) is 0. The first kappa shape index (κ1) is 7.35. The van der Waals surface area contributed by atoms with Crippen molar-refractivity contribution in [1.82, 2.24) is 4.98 Å². The van der Waals surface area contributed by atoms with E-state index in [0.29, 0.717) is 0 Å². The van der Waals surface area contributed by atoms with Crippen molar-refractivity contribution in [3.63, 3.8) is 0 Å². The van der Waals surface area contributed by atoms with E-state index in [1.165, 1.54) is 0 Å². The van der Waals surface area contributed by atoms with Crippen molar-refractivity contribution in [3.05, 3.63) is 36.2 Å². The van der Waals surface area contributed by atoms with Crippen LogP contribution in [0.3, 0.4) is 0 Å². The predicted octanol–water partition coefficient (Wildman–Crippen LogP) is 2.02. The summed E-state index contributed by atoms with van der Waals surface area (Å²) in [6.45, 7) is 0. The molecule has 10 heavy (non-hydrogen) atoms. The highest BCUT2D eigenvalue weighted by Crippen LogP contribution is 1.97. The second kappa shape index (κ2) is 4.12. The van der Waals surface area contributed by atoms with Gasteiger partial charge >= 0.3 is 0 Å². The summed E-state index contributed by atoms with van der Waals surface area (Å²) in [6.07, 6.45) is 7.57. The molecule has 0 unspecified atom stereocenters. The lowest BCUT2D eigenvalue weighted by atomic mass is 10.3. The highest BCUT2D eigenvalue weighted by atomic mass is 32.1. The van der Waals surface area contributed by atoms with Crippen molar-refractivity contribution < 1.29 is 0 Å². The van der Waals surface area contributed by atoms with E-state index in [-0.39, 0.29) is 0 Å². The van der Waals surface area contributed by atoms with Gasteiger partial charge in [0.05, 0.1) is 0 Å². The van der Waals surface area contributed by atoms with E-state index < -0.39 is 0 Å². The molecule has 0 N–H and O–H groups in total. The standard InChI is InChI=1S/C8H9NS/c10-6-2-4-8-3-1-5-9-7-8/h1-5,7,10H,6H2/b4-2+. The Labute approximate surface area is 66.2 Å². The van der Waals surface area contributed by atoms with Gasteiger partial charge in [-0.2, -0.15) is 12.6 Å². The van der Waals surface area contributed by atoms with Crippen LogP contribution in [0.15, 0.2) is 30.6 Å². The van der Waals surface area contributed by atoms with Crippen molar-refractivity contribution in [3.8, 4) is 0 Å². The normalized spacial score (nSPS) is 10.5. The number of thiol groups is 1. The average molecular weight is 151 g/mol. The van der Waals surface area contributed by atoms with Crippen LogP contribution < -0.4 is 0 Å². The molecule has 0 saturated carbocycles. The maximum atomic E-state index is 4.04. The molecular weight excluding hydrogens is 142 g/mol. The minimum atomic E-state index is 0.773. The van der Waals surface area contributed by atoms with Crippen molar-refractivity contribution in [1.29, 1.82) is 0 Å². The van der Waals surface area contributed by atoms with Crippen molar-refractivity contribution in [2.45, 2.75) is 0 Å². The van der Waals surface area contributed by atoms with Gasteiger partial charge in [0.25, 0.3) is 0 Å². The lowest BCUT2D eigenvalue weighted by Gasteiger charge is -1.87. The van der Waals surface area contributed by atoms with Gasteiger partial charge in [0, 0.05) is 18.1 Å². The zero-order valence-corrected chi connectivity index (χ0v) is 6.46. The summed E-state index contributed by atoms with van der Waals surface area (Å²) >= 11 is 4.04. The van der Waals surface area contributed by atoms with Gasteiger partial charge in [-0.15, -0.1) is 0 Å². The molecule has 0 radical (unpaired) electrons. The first-order chi connectivity index (χ1) is 4.93. The molecule has 1 aromatic rings.